The Balaban J connectivity index is 1.98. The van der Waals surface area contributed by atoms with Crippen molar-refractivity contribution in [3.05, 3.63) is 53.1 Å². The van der Waals surface area contributed by atoms with Gasteiger partial charge in [-0.05, 0) is 36.6 Å². The first-order valence-electron chi connectivity index (χ1n) is 8.32. The van der Waals surface area contributed by atoms with Crippen LogP contribution in [0, 0.1) is 0 Å². The van der Waals surface area contributed by atoms with E-state index in [0.717, 1.165) is 17.4 Å². The average Bonchev–Trinajstić information content (AvgIpc) is 3.04. The summed E-state index contributed by atoms with van der Waals surface area (Å²) in [6.45, 7) is 0. The van der Waals surface area contributed by atoms with Gasteiger partial charge in [-0.3, -0.25) is 10.2 Å². The zero-order valence-electron chi connectivity index (χ0n) is 15.8. The summed E-state index contributed by atoms with van der Waals surface area (Å²) in [5.41, 5.74) is 4.34. The minimum absolute atomic E-state index is 0.0182. The Bertz CT molecular complexity index is 1210. The van der Waals surface area contributed by atoms with Gasteiger partial charge in [0.15, 0.2) is 5.16 Å². The van der Waals surface area contributed by atoms with Crippen LogP contribution in [0.1, 0.15) is 10.4 Å². The Morgan fingerprint density at radius 1 is 1.28 bits per heavy atom. The molecule has 0 radical (unpaired) electrons. The number of nitrogens with zero attached hydrogens (tertiary/aromatic N) is 4. The highest BCUT2D eigenvalue weighted by atomic mass is 35.5. The fourth-order valence-electron chi connectivity index (χ4n) is 2.47. The van der Waals surface area contributed by atoms with Crippen molar-refractivity contribution in [1.29, 1.82) is 0 Å². The van der Waals surface area contributed by atoms with Gasteiger partial charge < -0.3 is 4.90 Å². The van der Waals surface area contributed by atoms with Gasteiger partial charge >= 0.3 is 0 Å². The Labute approximate surface area is 177 Å². The van der Waals surface area contributed by atoms with E-state index in [2.05, 4.69) is 14.8 Å². The largest absolute Gasteiger partial charge is 0.368 e. The number of benzene rings is 2. The molecule has 0 saturated heterocycles. The molecule has 1 amide bonds. The molecule has 1 heterocycles. The summed E-state index contributed by atoms with van der Waals surface area (Å²) in [6, 6.07) is 11.4. The normalized spacial score (nSPS) is 11.9. The maximum atomic E-state index is 12.8. The monoisotopic (exact) mass is 451 g/mol. The number of hydrogen-bond acceptors (Lipinski definition) is 5. The van der Waals surface area contributed by atoms with Crippen molar-refractivity contribution in [2.24, 2.45) is 4.40 Å². The predicted octanol–water partition coefficient (Wildman–Crippen LogP) is 3.07. The van der Waals surface area contributed by atoms with Crippen molar-refractivity contribution in [2.75, 3.05) is 25.8 Å². The summed E-state index contributed by atoms with van der Waals surface area (Å²) in [5, 5.41) is 0.576. The van der Waals surface area contributed by atoms with E-state index in [1.807, 2.05) is 30.5 Å². The Morgan fingerprint density at radius 2 is 2.00 bits per heavy atom. The van der Waals surface area contributed by atoms with Crippen LogP contribution in [-0.2, 0) is 10.0 Å². The van der Waals surface area contributed by atoms with E-state index in [0.29, 0.717) is 5.16 Å². The minimum atomic E-state index is -4.06. The zero-order valence-corrected chi connectivity index (χ0v) is 18.2. The number of aromatic nitrogens is 2. The number of carbonyl (C=O) groups excluding carboxylic acids is 1. The highest BCUT2D eigenvalue weighted by Gasteiger charge is 2.20. The number of amides is 1. The van der Waals surface area contributed by atoms with Crippen molar-refractivity contribution in [1.82, 2.24) is 14.6 Å². The molecule has 0 fully saturated rings. The van der Waals surface area contributed by atoms with Gasteiger partial charge in [0.25, 0.3) is 15.9 Å². The third-order valence-corrected chi connectivity index (χ3v) is 6.16. The van der Waals surface area contributed by atoms with Gasteiger partial charge in [0, 0.05) is 19.7 Å². The lowest BCUT2D eigenvalue weighted by Gasteiger charge is -2.11. The zero-order chi connectivity index (χ0) is 21.2. The van der Waals surface area contributed by atoms with Gasteiger partial charge in [0.2, 0.25) is 0 Å². The number of thioether (sulfide) groups is 1. The molecule has 0 bridgehead atoms. The first-order chi connectivity index (χ1) is 13.7. The molecular weight excluding hydrogens is 434 g/mol. The van der Waals surface area contributed by atoms with Crippen molar-refractivity contribution >= 4 is 56.7 Å². The molecule has 2 aromatic carbocycles. The summed E-state index contributed by atoms with van der Waals surface area (Å²) >= 11 is 7.43. The Morgan fingerprint density at radius 3 is 2.69 bits per heavy atom. The van der Waals surface area contributed by atoms with Crippen LogP contribution in [0.5, 0.6) is 0 Å². The molecule has 0 unspecified atom stereocenters. The van der Waals surface area contributed by atoms with E-state index in [4.69, 9.17) is 11.6 Å². The predicted molar refractivity (Wildman–Crippen MR) is 116 cm³/mol. The average molecular weight is 452 g/mol. The summed E-state index contributed by atoms with van der Waals surface area (Å²) in [7, 11) is -0.775. The molecule has 0 aliphatic carbocycles. The van der Waals surface area contributed by atoms with Gasteiger partial charge in [-0.2, -0.15) is 8.42 Å². The number of imidazole rings is 1. The summed E-state index contributed by atoms with van der Waals surface area (Å²) in [4.78, 5) is 18.5. The number of carbonyl (C=O) groups is 1. The second kappa shape index (κ2) is 8.44. The molecule has 0 aliphatic rings. The molecule has 1 N–H and O–H groups in total. The molecule has 1 aromatic heterocycles. The van der Waals surface area contributed by atoms with Gasteiger partial charge in [-0.25, -0.2) is 9.66 Å². The van der Waals surface area contributed by atoms with Crippen LogP contribution in [0.2, 0.25) is 5.02 Å². The fourth-order valence-corrected chi connectivity index (χ4v) is 4.41. The number of halogens is 1. The molecule has 152 valence electrons. The third kappa shape index (κ3) is 4.55. The van der Waals surface area contributed by atoms with E-state index in [1.54, 1.807) is 18.8 Å². The van der Waals surface area contributed by atoms with E-state index in [1.165, 1.54) is 34.9 Å². The van der Waals surface area contributed by atoms with E-state index in [-0.39, 0.29) is 15.5 Å². The van der Waals surface area contributed by atoms with Gasteiger partial charge in [-0.15, -0.1) is 4.40 Å². The maximum Gasteiger partial charge on any atom is 0.285 e. The number of sulfonamides is 1. The SMILES string of the molecule is CSc1nc2ccccc2n1NC(=O)c1ccc(Cl)c(S(=O)(=O)N=CN(C)C)c1. The van der Waals surface area contributed by atoms with Gasteiger partial charge in [0.1, 0.15) is 11.2 Å². The number of nitrogens with one attached hydrogen (secondary N) is 1. The summed E-state index contributed by atoms with van der Waals surface area (Å²) in [5.74, 6) is -0.506. The smallest absolute Gasteiger partial charge is 0.285 e. The van der Waals surface area contributed by atoms with Crippen LogP contribution in [0.15, 0.2) is 56.9 Å². The maximum absolute atomic E-state index is 12.8. The summed E-state index contributed by atoms with van der Waals surface area (Å²) < 4.78 is 30.1. The second-order valence-corrected chi connectivity index (χ2v) is 8.95. The number of hydrogen-bond donors (Lipinski definition) is 1. The van der Waals surface area contributed by atoms with Gasteiger partial charge in [-0.1, -0.05) is 35.5 Å². The molecule has 3 aromatic rings. The minimum Gasteiger partial charge on any atom is -0.368 e. The lowest BCUT2D eigenvalue weighted by Crippen LogP contribution is -2.23. The molecule has 0 spiro atoms. The first-order valence-corrected chi connectivity index (χ1v) is 11.4. The highest BCUT2D eigenvalue weighted by molar-refractivity contribution is 7.98. The third-order valence-electron chi connectivity index (χ3n) is 3.81. The van der Waals surface area contributed by atoms with Crippen molar-refractivity contribution in [3.63, 3.8) is 0 Å². The van der Waals surface area contributed by atoms with Crippen molar-refractivity contribution in [2.45, 2.75) is 10.1 Å². The van der Waals surface area contributed by atoms with Crippen LogP contribution >= 0.6 is 23.4 Å². The van der Waals surface area contributed by atoms with E-state index >= 15 is 0 Å². The second-order valence-electron chi connectivity index (χ2n) is 6.17. The molecule has 11 heteroatoms. The molecule has 3 rings (SSSR count). The molecular formula is C18H18ClN5O3S2. The van der Waals surface area contributed by atoms with Crippen LogP contribution in [-0.4, -0.2) is 55.6 Å². The molecule has 0 aliphatic heterocycles. The number of fused-ring (bicyclic) bond motifs is 1. The quantitative estimate of drug-likeness (QED) is 0.351. The molecule has 0 saturated carbocycles. The molecule has 0 atom stereocenters. The lowest BCUT2D eigenvalue weighted by atomic mass is 10.2. The van der Waals surface area contributed by atoms with E-state index in [9.17, 15) is 13.2 Å². The first kappa shape index (κ1) is 21.2. The highest BCUT2D eigenvalue weighted by Crippen LogP contribution is 2.25. The lowest BCUT2D eigenvalue weighted by molar-refractivity contribution is 0.101. The number of rotatable bonds is 6. The van der Waals surface area contributed by atoms with Crippen molar-refractivity contribution in [3.8, 4) is 0 Å². The topological polar surface area (TPSA) is 96.7 Å². The Kier molecular flexibility index (Phi) is 6.15. The van der Waals surface area contributed by atoms with Crippen LogP contribution in [0.4, 0.5) is 0 Å². The van der Waals surface area contributed by atoms with Crippen LogP contribution < -0.4 is 5.43 Å². The molecule has 8 nitrogen and oxygen atoms in total. The van der Waals surface area contributed by atoms with E-state index < -0.39 is 15.9 Å². The van der Waals surface area contributed by atoms with Gasteiger partial charge in [0.05, 0.1) is 16.1 Å². The standard InChI is InChI=1S/C18H18ClN5O3S2/c1-23(2)11-20-29(26,27)16-10-12(8-9-13(16)19)17(25)22-24-15-7-5-4-6-14(15)21-18(24)28-3/h4-11H,1-3H3,(H,22,25). The van der Waals surface area contributed by atoms with Crippen molar-refractivity contribution < 1.29 is 13.2 Å². The number of para-hydroxylation sites is 2. The Hall–Kier alpha value is -2.56. The summed E-state index contributed by atoms with van der Waals surface area (Å²) in [6.07, 6.45) is 3.00. The molecule has 29 heavy (non-hydrogen) atoms. The fraction of sp³-hybridized carbons (Fsp3) is 0.167. The van der Waals surface area contributed by atoms with Crippen LogP contribution in [0.25, 0.3) is 11.0 Å². The van der Waals surface area contributed by atoms with Crippen LogP contribution in [0.3, 0.4) is 0 Å².